The first-order valence-corrected chi connectivity index (χ1v) is 6.62. The van der Waals surface area contributed by atoms with E-state index in [1.165, 1.54) is 37.8 Å². The van der Waals surface area contributed by atoms with Crippen molar-refractivity contribution in [2.24, 2.45) is 5.92 Å². The molecule has 1 aliphatic heterocycles. The predicted molar refractivity (Wildman–Crippen MR) is 71.0 cm³/mol. The highest BCUT2D eigenvalue weighted by molar-refractivity contribution is 5.56. The molecule has 0 unspecified atom stereocenters. The fraction of sp³-hybridized carbons (Fsp3) is 0.600. The summed E-state index contributed by atoms with van der Waals surface area (Å²) in [5.74, 6) is 0.831. The molecule has 1 aromatic rings. The van der Waals surface area contributed by atoms with Gasteiger partial charge in [-0.1, -0.05) is 32.4 Å². The molecule has 1 aromatic carbocycles. The zero-order valence-electron chi connectivity index (χ0n) is 10.6. The van der Waals surface area contributed by atoms with Crippen LogP contribution < -0.4 is 5.32 Å². The summed E-state index contributed by atoms with van der Waals surface area (Å²) in [5.41, 5.74) is 4.54. The molecular formula is C15H23N. The summed E-state index contributed by atoms with van der Waals surface area (Å²) in [7, 11) is 0. The molecule has 0 bridgehead atoms. The van der Waals surface area contributed by atoms with Crippen molar-refractivity contribution in [3.05, 3.63) is 29.3 Å². The number of benzene rings is 1. The molecule has 0 amide bonds. The zero-order chi connectivity index (χ0) is 11.4. The summed E-state index contributed by atoms with van der Waals surface area (Å²) in [6.45, 7) is 5.76. The number of fused-ring (bicyclic) bond motifs is 1. The Morgan fingerprint density at radius 3 is 3.00 bits per heavy atom. The molecular weight excluding hydrogens is 194 g/mol. The maximum atomic E-state index is 3.50. The van der Waals surface area contributed by atoms with E-state index in [0.29, 0.717) is 0 Å². The normalized spacial score (nSPS) is 14.7. The topological polar surface area (TPSA) is 12.0 Å². The van der Waals surface area contributed by atoms with E-state index in [1.54, 1.807) is 11.1 Å². The first-order valence-electron chi connectivity index (χ1n) is 6.62. The Labute approximate surface area is 99.3 Å². The molecule has 0 aliphatic carbocycles. The van der Waals surface area contributed by atoms with E-state index in [4.69, 9.17) is 0 Å². The quantitative estimate of drug-likeness (QED) is 0.803. The highest BCUT2D eigenvalue weighted by Crippen LogP contribution is 2.26. The lowest BCUT2D eigenvalue weighted by Crippen LogP contribution is -2.13. The van der Waals surface area contributed by atoms with E-state index in [-0.39, 0.29) is 0 Å². The van der Waals surface area contributed by atoms with Crippen molar-refractivity contribution >= 4 is 5.69 Å². The number of anilines is 1. The third kappa shape index (κ3) is 2.78. The van der Waals surface area contributed by atoms with Crippen LogP contribution in [0.15, 0.2) is 18.2 Å². The lowest BCUT2D eigenvalue weighted by Gasteiger charge is -2.21. The van der Waals surface area contributed by atoms with Crippen molar-refractivity contribution in [1.82, 2.24) is 0 Å². The van der Waals surface area contributed by atoms with Gasteiger partial charge in [-0.3, -0.25) is 0 Å². The molecule has 0 fully saturated rings. The van der Waals surface area contributed by atoms with Gasteiger partial charge in [-0.05, 0) is 48.8 Å². The fourth-order valence-corrected chi connectivity index (χ4v) is 2.52. The number of hydrogen-bond acceptors (Lipinski definition) is 1. The van der Waals surface area contributed by atoms with Crippen LogP contribution in [0.1, 0.15) is 44.2 Å². The van der Waals surface area contributed by atoms with Gasteiger partial charge in [0.15, 0.2) is 0 Å². The number of hydrogen-bond donors (Lipinski definition) is 1. The summed E-state index contributed by atoms with van der Waals surface area (Å²) in [4.78, 5) is 0. The molecule has 1 aliphatic rings. The average Bonchev–Trinajstić information content (AvgIpc) is 2.29. The van der Waals surface area contributed by atoms with Crippen molar-refractivity contribution in [3.8, 4) is 0 Å². The maximum Gasteiger partial charge on any atom is 0.0375 e. The van der Waals surface area contributed by atoms with E-state index in [9.17, 15) is 0 Å². The van der Waals surface area contributed by atoms with E-state index in [0.717, 1.165) is 12.5 Å². The largest absolute Gasteiger partial charge is 0.385 e. The minimum atomic E-state index is 0.831. The number of rotatable bonds is 4. The predicted octanol–water partition coefficient (Wildman–Crippen LogP) is 4.02. The number of nitrogens with one attached hydrogen (secondary N) is 1. The Morgan fingerprint density at radius 2 is 2.19 bits per heavy atom. The van der Waals surface area contributed by atoms with Crippen molar-refractivity contribution in [3.63, 3.8) is 0 Å². The molecule has 0 saturated heterocycles. The third-order valence-electron chi connectivity index (χ3n) is 3.42. The smallest absolute Gasteiger partial charge is 0.0375 e. The van der Waals surface area contributed by atoms with Crippen molar-refractivity contribution in [2.75, 3.05) is 11.9 Å². The Balaban J connectivity index is 2.03. The second kappa shape index (κ2) is 5.38. The summed E-state index contributed by atoms with van der Waals surface area (Å²) in [5, 5.41) is 3.50. The van der Waals surface area contributed by atoms with Crippen LogP contribution in [0.25, 0.3) is 0 Å². The van der Waals surface area contributed by atoms with Gasteiger partial charge < -0.3 is 5.32 Å². The highest BCUT2D eigenvalue weighted by Gasteiger charge is 2.11. The monoisotopic (exact) mass is 217 g/mol. The molecule has 1 heteroatoms. The first kappa shape index (κ1) is 11.5. The molecule has 0 spiro atoms. The standard InChI is InChI=1S/C15H23N/c1-12(2)6-3-7-13-8-4-10-15-14(13)9-5-11-16-15/h4,8,10,12,16H,3,5-7,9,11H2,1-2H3. The Bertz CT molecular complexity index is 341. The minimum absolute atomic E-state index is 0.831. The summed E-state index contributed by atoms with van der Waals surface area (Å²) in [6.07, 6.45) is 6.47. The third-order valence-corrected chi connectivity index (χ3v) is 3.42. The van der Waals surface area contributed by atoms with Crippen LogP contribution >= 0.6 is 0 Å². The van der Waals surface area contributed by atoms with Crippen LogP contribution in [0, 0.1) is 5.92 Å². The van der Waals surface area contributed by atoms with Crippen LogP contribution in [0.3, 0.4) is 0 Å². The van der Waals surface area contributed by atoms with Gasteiger partial charge in [0, 0.05) is 12.2 Å². The SMILES string of the molecule is CC(C)CCCc1cccc2c1CCCN2. The molecule has 1 N–H and O–H groups in total. The molecule has 16 heavy (non-hydrogen) atoms. The van der Waals surface area contributed by atoms with Crippen molar-refractivity contribution < 1.29 is 0 Å². The fourth-order valence-electron chi connectivity index (χ4n) is 2.52. The van der Waals surface area contributed by atoms with Gasteiger partial charge in [-0.25, -0.2) is 0 Å². The van der Waals surface area contributed by atoms with Crippen LogP contribution in [-0.4, -0.2) is 6.54 Å². The van der Waals surface area contributed by atoms with Gasteiger partial charge in [0.05, 0.1) is 0 Å². The van der Waals surface area contributed by atoms with Crippen LogP contribution in [0.5, 0.6) is 0 Å². The summed E-state index contributed by atoms with van der Waals surface area (Å²) in [6, 6.07) is 6.73. The van der Waals surface area contributed by atoms with Crippen molar-refractivity contribution in [1.29, 1.82) is 0 Å². The Hall–Kier alpha value is -0.980. The van der Waals surface area contributed by atoms with Gasteiger partial charge in [-0.2, -0.15) is 0 Å². The Kier molecular flexibility index (Phi) is 3.87. The lowest BCUT2D eigenvalue weighted by atomic mass is 9.93. The zero-order valence-corrected chi connectivity index (χ0v) is 10.6. The van der Waals surface area contributed by atoms with Crippen LogP contribution in [-0.2, 0) is 12.8 Å². The van der Waals surface area contributed by atoms with Gasteiger partial charge in [0.25, 0.3) is 0 Å². The van der Waals surface area contributed by atoms with E-state index in [2.05, 4.69) is 37.4 Å². The molecule has 2 rings (SSSR count). The van der Waals surface area contributed by atoms with Crippen LogP contribution in [0.2, 0.25) is 0 Å². The minimum Gasteiger partial charge on any atom is -0.385 e. The van der Waals surface area contributed by atoms with Gasteiger partial charge in [0.2, 0.25) is 0 Å². The van der Waals surface area contributed by atoms with E-state index >= 15 is 0 Å². The van der Waals surface area contributed by atoms with E-state index in [1.807, 2.05) is 0 Å². The van der Waals surface area contributed by atoms with Crippen LogP contribution in [0.4, 0.5) is 5.69 Å². The molecule has 0 aromatic heterocycles. The number of aryl methyl sites for hydroxylation is 1. The summed E-state index contributed by atoms with van der Waals surface area (Å²) >= 11 is 0. The molecule has 1 nitrogen and oxygen atoms in total. The van der Waals surface area contributed by atoms with E-state index < -0.39 is 0 Å². The second-order valence-electron chi connectivity index (χ2n) is 5.26. The average molecular weight is 217 g/mol. The molecule has 0 atom stereocenters. The van der Waals surface area contributed by atoms with Gasteiger partial charge in [0.1, 0.15) is 0 Å². The molecule has 0 saturated carbocycles. The Morgan fingerprint density at radius 1 is 1.31 bits per heavy atom. The van der Waals surface area contributed by atoms with Gasteiger partial charge in [-0.15, -0.1) is 0 Å². The second-order valence-corrected chi connectivity index (χ2v) is 5.26. The molecule has 1 heterocycles. The lowest BCUT2D eigenvalue weighted by molar-refractivity contribution is 0.554. The van der Waals surface area contributed by atoms with Gasteiger partial charge >= 0.3 is 0 Å². The highest BCUT2D eigenvalue weighted by atomic mass is 14.9. The van der Waals surface area contributed by atoms with Crippen molar-refractivity contribution in [2.45, 2.75) is 46.0 Å². The molecule has 88 valence electrons. The summed E-state index contributed by atoms with van der Waals surface area (Å²) < 4.78 is 0. The first-order chi connectivity index (χ1) is 7.77. The maximum absolute atomic E-state index is 3.50. The molecule has 0 radical (unpaired) electrons.